The lowest BCUT2D eigenvalue weighted by Crippen LogP contribution is -2.36. The molecule has 0 atom stereocenters. The van der Waals surface area contributed by atoms with E-state index in [1.165, 1.54) is 12.3 Å². The molecule has 33 heavy (non-hydrogen) atoms. The fourth-order valence-corrected chi connectivity index (χ4v) is 3.43. The van der Waals surface area contributed by atoms with Crippen LogP contribution in [0.15, 0.2) is 58.4 Å². The highest BCUT2D eigenvalue weighted by atomic mass is 16.6. The number of aromatic amines is 1. The highest BCUT2D eigenvalue weighted by Gasteiger charge is 2.17. The summed E-state index contributed by atoms with van der Waals surface area (Å²) in [5.74, 6) is 0.00101. The molecule has 1 aliphatic rings. The van der Waals surface area contributed by atoms with Crippen molar-refractivity contribution in [2.75, 3.05) is 36.6 Å². The van der Waals surface area contributed by atoms with Crippen LogP contribution < -0.4 is 15.9 Å². The van der Waals surface area contributed by atoms with Gasteiger partial charge in [-0.3, -0.25) is 19.9 Å². The van der Waals surface area contributed by atoms with Crippen LogP contribution in [0.4, 0.5) is 17.3 Å². The van der Waals surface area contributed by atoms with Crippen LogP contribution in [-0.4, -0.2) is 47.4 Å². The molecule has 0 bridgehead atoms. The molecule has 166 valence electrons. The van der Waals surface area contributed by atoms with E-state index in [4.69, 9.17) is 4.74 Å². The van der Waals surface area contributed by atoms with Crippen molar-refractivity contribution in [3.05, 3.63) is 80.1 Å². The molecule has 0 saturated carbocycles. The predicted molar refractivity (Wildman–Crippen MR) is 122 cm³/mol. The molecule has 0 amide bonds. The zero-order valence-corrected chi connectivity index (χ0v) is 17.4. The van der Waals surface area contributed by atoms with Crippen LogP contribution in [0.1, 0.15) is 11.1 Å². The summed E-state index contributed by atoms with van der Waals surface area (Å²) < 4.78 is 5.35. The first kappa shape index (κ1) is 21.7. The Balaban J connectivity index is 1.63. The van der Waals surface area contributed by atoms with Gasteiger partial charge in [-0.15, -0.1) is 0 Å². The standard InChI is InChI=1S/C22H19N7O4/c23-13-18-20(15-4-2-1-3-5-15)25-22(26-21(18)30)27-24-14-16-12-17(6-7-19(16)29(31)32)28-8-10-33-11-9-28/h1-7,12,14H,8-11H2,(H2,25,26,27,30). The number of hydrazone groups is 1. The smallest absolute Gasteiger partial charge is 0.278 e. The summed E-state index contributed by atoms with van der Waals surface area (Å²) in [6, 6.07) is 15.5. The molecule has 0 unspecified atom stereocenters. The summed E-state index contributed by atoms with van der Waals surface area (Å²) >= 11 is 0. The van der Waals surface area contributed by atoms with Crippen molar-refractivity contribution in [3.8, 4) is 17.3 Å². The number of benzene rings is 2. The molecule has 0 spiro atoms. The average molecular weight is 445 g/mol. The largest absolute Gasteiger partial charge is 0.378 e. The molecule has 2 aromatic carbocycles. The van der Waals surface area contributed by atoms with Crippen LogP contribution in [0, 0.1) is 21.4 Å². The van der Waals surface area contributed by atoms with Gasteiger partial charge in [0.05, 0.1) is 35.6 Å². The van der Waals surface area contributed by atoms with E-state index in [-0.39, 0.29) is 28.5 Å². The topological polar surface area (TPSA) is 150 Å². The number of nitro benzene ring substituents is 1. The van der Waals surface area contributed by atoms with Crippen molar-refractivity contribution in [2.24, 2.45) is 5.10 Å². The van der Waals surface area contributed by atoms with Crippen molar-refractivity contribution < 1.29 is 9.66 Å². The lowest BCUT2D eigenvalue weighted by atomic mass is 10.1. The van der Waals surface area contributed by atoms with Crippen molar-refractivity contribution >= 4 is 23.5 Å². The highest BCUT2D eigenvalue weighted by molar-refractivity contribution is 5.87. The highest BCUT2D eigenvalue weighted by Crippen LogP contribution is 2.25. The Morgan fingerprint density at radius 3 is 2.70 bits per heavy atom. The van der Waals surface area contributed by atoms with Crippen molar-refractivity contribution in [1.29, 1.82) is 5.26 Å². The second-order valence-corrected chi connectivity index (χ2v) is 7.09. The number of ether oxygens (including phenoxy) is 1. The fourth-order valence-electron chi connectivity index (χ4n) is 3.43. The van der Waals surface area contributed by atoms with Gasteiger partial charge in [-0.2, -0.15) is 10.4 Å². The van der Waals surface area contributed by atoms with Gasteiger partial charge in [-0.05, 0) is 12.1 Å². The van der Waals surface area contributed by atoms with Gasteiger partial charge in [0, 0.05) is 30.4 Å². The first-order chi connectivity index (χ1) is 16.1. The van der Waals surface area contributed by atoms with Crippen LogP contribution >= 0.6 is 0 Å². The van der Waals surface area contributed by atoms with Crippen LogP contribution in [0.25, 0.3) is 11.3 Å². The fraction of sp³-hybridized carbons (Fsp3) is 0.182. The van der Waals surface area contributed by atoms with Crippen molar-refractivity contribution in [3.63, 3.8) is 0 Å². The normalized spacial score (nSPS) is 13.6. The molecule has 3 aromatic rings. The van der Waals surface area contributed by atoms with Gasteiger partial charge in [0.25, 0.3) is 11.2 Å². The number of rotatable bonds is 6. The van der Waals surface area contributed by atoms with Crippen LogP contribution in [-0.2, 0) is 4.74 Å². The summed E-state index contributed by atoms with van der Waals surface area (Å²) in [5, 5.41) is 24.8. The second-order valence-electron chi connectivity index (χ2n) is 7.09. The molecule has 0 radical (unpaired) electrons. The van der Waals surface area contributed by atoms with Crippen LogP contribution in [0.5, 0.6) is 0 Å². The third-order valence-electron chi connectivity index (χ3n) is 5.04. The number of hydrogen-bond donors (Lipinski definition) is 2. The zero-order valence-electron chi connectivity index (χ0n) is 17.4. The molecule has 1 saturated heterocycles. The zero-order chi connectivity index (χ0) is 23.2. The molecular weight excluding hydrogens is 426 g/mol. The summed E-state index contributed by atoms with van der Waals surface area (Å²) in [4.78, 5) is 32.1. The minimum atomic E-state index is -0.621. The van der Waals surface area contributed by atoms with E-state index in [2.05, 4.69) is 25.4 Å². The van der Waals surface area contributed by atoms with Gasteiger partial charge in [0.2, 0.25) is 5.95 Å². The minimum absolute atomic E-state index is 0.00101. The van der Waals surface area contributed by atoms with Gasteiger partial charge < -0.3 is 9.64 Å². The maximum atomic E-state index is 12.3. The molecule has 2 N–H and O–H groups in total. The van der Waals surface area contributed by atoms with E-state index in [0.717, 1.165) is 5.69 Å². The predicted octanol–water partition coefficient (Wildman–Crippen LogP) is 2.50. The van der Waals surface area contributed by atoms with Gasteiger partial charge in [-0.1, -0.05) is 30.3 Å². The minimum Gasteiger partial charge on any atom is -0.378 e. The van der Waals surface area contributed by atoms with Gasteiger partial charge in [0.1, 0.15) is 11.6 Å². The lowest BCUT2D eigenvalue weighted by molar-refractivity contribution is -0.385. The number of nitriles is 1. The van der Waals surface area contributed by atoms with E-state index in [1.807, 2.05) is 12.1 Å². The number of anilines is 2. The summed E-state index contributed by atoms with van der Waals surface area (Å²) in [6.07, 6.45) is 1.29. The summed E-state index contributed by atoms with van der Waals surface area (Å²) in [7, 11) is 0. The monoisotopic (exact) mass is 445 g/mol. The molecule has 1 fully saturated rings. The number of H-pyrrole nitrogens is 1. The van der Waals surface area contributed by atoms with Crippen molar-refractivity contribution in [2.45, 2.75) is 0 Å². The lowest BCUT2D eigenvalue weighted by Gasteiger charge is -2.28. The van der Waals surface area contributed by atoms with E-state index in [9.17, 15) is 20.2 Å². The van der Waals surface area contributed by atoms with E-state index >= 15 is 0 Å². The number of nitro groups is 1. The molecule has 4 rings (SSSR count). The molecule has 1 aromatic heterocycles. The maximum absolute atomic E-state index is 12.3. The van der Waals surface area contributed by atoms with Crippen molar-refractivity contribution in [1.82, 2.24) is 9.97 Å². The second kappa shape index (κ2) is 9.71. The molecular formula is C22H19N7O4. The van der Waals surface area contributed by atoms with Gasteiger partial charge >= 0.3 is 0 Å². The molecule has 1 aliphatic heterocycles. The van der Waals surface area contributed by atoms with Gasteiger partial charge in [0.15, 0.2) is 0 Å². The first-order valence-electron chi connectivity index (χ1n) is 10.1. The first-order valence-corrected chi connectivity index (χ1v) is 10.1. The van der Waals surface area contributed by atoms with Gasteiger partial charge in [-0.25, -0.2) is 10.4 Å². The quantitative estimate of drug-likeness (QED) is 0.334. The SMILES string of the molecule is N#Cc1c(-c2ccccc2)nc(NN=Cc2cc(N3CCOCC3)ccc2[N+](=O)[O-])[nH]c1=O. The third kappa shape index (κ3) is 4.86. The molecule has 0 aliphatic carbocycles. The van der Waals surface area contributed by atoms with Crippen LogP contribution in [0.2, 0.25) is 0 Å². The van der Waals surface area contributed by atoms with E-state index in [0.29, 0.717) is 31.9 Å². The Kier molecular flexibility index (Phi) is 6.38. The number of hydrogen-bond acceptors (Lipinski definition) is 9. The Hall–Kier alpha value is -4.56. The Morgan fingerprint density at radius 2 is 2.00 bits per heavy atom. The third-order valence-corrected chi connectivity index (χ3v) is 5.04. The molecule has 2 heterocycles. The maximum Gasteiger partial charge on any atom is 0.278 e. The Morgan fingerprint density at radius 1 is 1.24 bits per heavy atom. The van der Waals surface area contributed by atoms with Crippen LogP contribution in [0.3, 0.4) is 0 Å². The molecule has 11 heteroatoms. The Labute approximate surface area is 188 Å². The summed E-state index contributed by atoms with van der Waals surface area (Å²) in [6.45, 7) is 2.55. The van der Waals surface area contributed by atoms with E-state index < -0.39 is 10.5 Å². The molecule has 11 nitrogen and oxygen atoms in total. The Bertz CT molecular complexity index is 1290. The van der Waals surface area contributed by atoms with E-state index in [1.54, 1.807) is 36.4 Å². The summed E-state index contributed by atoms with van der Waals surface area (Å²) in [5.41, 5.74) is 3.66. The number of aromatic nitrogens is 2. The number of nitrogens with zero attached hydrogens (tertiary/aromatic N) is 5. The number of morpholine rings is 1. The number of nitrogens with one attached hydrogen (secondary N) is 2. The average Bonchev–Trinajstić information content (AvgIpc) is 2.84.